The lowest BCUT2D eigenvalue weighted by Crippen LogP contribution is -1.69. The van der Waals surface area contributed by atoms with Crippen LogP contribution in [0.15, 0.2) is 39.8 Å². The summed E-state index contributed by atoms with van der Waals surface area (Å²) in [5.74, 6) is 0. The van der Waals surface area contributed by atoms with Crippen molar-refractivity contribution in [2.24, 2.45) is 0 Å². The van der Waals surface area contributed by atoms with E-state index >= 15 is 0 Å². The number of thioether (sulfide) groups is 1. The molecule has 0 radical (unpaired) electrons. The molecule has 0 saturated carbocycles. The second-order valence-corrected chi connectivity index (χ2v) is 3.15. The summed E-state index contributed by atoms with van der Waals surface area (Å²) < 4.78 is 5.32. The quantitative estimate of drug-likeness (QED) is 0.600. The number of hydrogen-bond acceptors (Lipinski definition) is 2. The van der Waals surface area contributed by atoms with Crippen molar-refractivity contribution in [3.05, 3.63) is 30.5 Å². The highest BCUT2D eigenvalue weighted by Crippen LogP contribution is 2.26. The summed E-state index contributed by atoms with van der Waals surface area (Å²) in [7, 11) is 0. The van der Waals surface area contributed by atoms with Crippen LogP contribution in [0.25, 0.3) is 11.0 Å². The molecule has 0 aliphatic carbocycles. The Kier molecular flexibility index (Phi) is 1.62. The van der Waals surface area contributed by atoms with Crippen LogP contribution in [0.3, 0.4) is 0 Å². The van der Waals surface area contributed by atoms with Crippen LogP contribution < -0.4 is 0 Å². The molecule has 0 bridgehead atoms. The Bertz CT molecular complexity index is 364. The van der Waals surface area contributed by atoms with E-state index in [1.165, 1.54) is 10.3 Å². The Morgan fingerprint density at radius 1 is 1.27 bits per heavy atom. The van der Waals surface area contributed by atoms with E-state index in [0.29, 0.717) is 0 Å². The first-order chi connectivity index (χ1) is 5.42. The standard InChI is InChI=1S/C9H8OS/c1-11-8-4-2-3-7-5-6-10-9(7)8/h2-6H,1H3. The third kappa shape index (κ3) is 1.03. The predicted molar refractivity (Wildman–Crippen MR) is 48.0 cm³/mol. The second-order valence-electron chi connectivity index (χ2n) is 2.30. The van der Waals surface area contributed by atoms with E-state index in [2.05, 4.69) is 18.4 Å². The SMILES string of the molecule is CSc1cccc2ccoc12. The van der Waals surface area contributed by atoms with E-state index in [0.717, 1.165) is 5.58 Å². The zero-order valence-electron chi connectivity index (χ0n) is 6.20. The smallest absolute Gasteiger partial charge is 0.147 e. The molecule has 0 saturated heterocycles. The fourth-order valence-corrected chi connectivity index (χ4v) is 1.69. The number of benzene rings is 1. The maximum atomic E-state index is 5.32. The first-order valence-corrected chi connectivity index (χ1v) is 4.64. The Hall–Kier alpha value is -0.890. The Morgan fingerprint density at radius 2 is 2.18 bits per heavy atom. The van der Waals surface area contributed by atoms with Gasteiger partial charge in [0.05, 0.1) is 11.2 Å². The van der Waals surface area contributed by atoms with Crippen LogP contribution in [0, 0.1) is 0 Å². The van der Waals surface area contributed by atoms with Crippen molar-refractivity contribution < 1.29 is 4.42 Å². The lowest BCUT2D eigenvalue weighted by molar-refractivity contribution is 0.608. The normalized spacial score (nSPS) is 10.6. The minimum absolute atomic E-state index is 1.00. The molecule has 0 fully saturated rings. The van der Waals surface area contributed by atoms with Crippen LogP contribution >= 0.6 is 11.8 Å². The maximum Gasteiger partial charge on any atom is 0.147 e. The van der Waals surface area contributed by atoms with Crippen molar-refractivity contribution in [2.45, 2.75) is 4.90 Å². The summed E-state index contributed by atoms with van der Waals surface area (Å²) in [6.45, 7) is 0. The van der Waals surface area contributed by atoms with Crippen molar-refractivity contribution >= 4 is 22.7 Å². The van der Waals surface area contributed by atoms with Crippen LogP contribution in [0.4, 0.5) is 0 Å². The van der Waals surface area contributed by atoms with E-state index in [-0.39, 0.29) is 0 Å². The molecule has 1 aromatic carbocycles. The van der Waals surface area contributed by atoms with E-state index in [4.69, 9.17) is 4.42 Å². The maximum absolute atomic E-state index is 5.32. The number of hydrogen-bond donors (Lipinski definition) is 0. The molecular formula is C9H8OS. The highest BCUT2D eigenvalue weighted by Gasteiger charge is 2.00. The highest BCUT2D eigenvalue weighted by molar-refractivity contribution is 7.98. The Labute approximate surface area is 69.4 Å². The lowest BCUT2D eigenvalue weighted by atomic mass is 10.3. The van der Waals surface area contributed by atoms with Gasteiger partial charge in [0.25, 0.3) is 0 Å². The molecule has 2 heteroatoms. The molecule has 2 aromatic rings. The summed E-state index contributed by atoms with van der Waals surface area (Å²) in [5, 5.41) is 1.18. The zero-order chi connectivity index (χ0) is 7.68. The molecule has 1 nitrogen and oxygen atoms in total. The number of rotatable bonds is 1. The summed E-state index contributed by atoms with van der Waals surface area (Å²) >= 11 is 1.71. The van der Waals surface area contributed by atoms with Gasteiger partial charge in [-0.25, -0.2) is 0 Å². The van der Waals surface area contributed by atoms with E-state index in [1.54, 1.807) is 18.0 Å². The van der Waals surface area contributed by atoms with Crippen molar-refractivity contribution in [1.82, 2.24) is 0 Å². The van der Waals surface area contributed by atoms with Gasteiger partial charge in [0, 0.05) is 5.39 Å². The molecule has 1 heterocycles. The van der Waals surface area contributed by atoms with Crippen LogP contribution in [0.5, 0.6) is 0 Å². The second kappa shape index (κ2) is 2.62. The van der Waals surface area contributed by atoms with E-state index in [1.807, 2.05) is 12.1 Å². The first-order valence-electron chi connectivity index (χ1n) is 3.42. The molecule has 0 spiro atoms. The summed E-state index contributed by atoms with van der Waals surface area (Å²) in [6.07, 6.45) is 3.78. The fraction of sp³-hybridized carbons (Fsp3) is 0.111. The van der Waals surface area contributed by atoms with Gasteiger partial charge in [0.1, 0.15) is 5.58 Å². The third-order valence-corrected chi connectivity index (χ3v) is 2.42. The summed E-state index contributed by atoms with van der Waals surface area (Å²) in [5.41, 5.74) is 1.00. The van der Waals surface area contributed by atoms with Crippen molar-refractivity contribution in [2.75, 3.05) is 6.26 Å². The van der Waals surface area contributed by atoms with Crippen molar-refractivity contribution in [3.63, 3.8) is 0 Å². The Balaban J connectivity index is 2.79. The highest BCUT2D eigenvalue weighted by atomic mass is 32.2. The zero-order valence-corrected chi connectivity index (χ0v) is 7.02. The number of para-hydroxylation sites is 1. The molecule has 0 aliphatic rings. The van der Waals surface area contributed by atoms with Gasteiger partial charge in [-0.2, -0.15) is 0 Å². The van der Waals surface area contributed by atoms with Gasteiger partial charge in [-0.05, 0) is 18.4 Å². The summed E-state index contributed by atoms with van der Waals surface area (Å²) in [4.78, 5) is 1.20. The average molecular weight is 164 g/mol. The third-order valence-electron chi connectivity index (χ3n) is 1.66. The van der Waals surface area contributed by atoms with Crippen LogP contribution in [-0.2, 0) is 0 Å². The lowest BCUT2D eigenvalue weighted by Gasteiger charge is -1.94. The molecule has 0 atom stereocenters. The molecule has 0 unspecified atom stereocenters. The molecule has 56 valence electrons. The largest absolute Gasteiger partial charge is 0.463 e. The van der Waals surface area contributed by atoms with Gasteiger partial charge in [-0.15, -0.1) is 11.8 Å². The molecule has 11 heavy (non-hydrogen) atoms. The predicted octanol–water partition coefficient (Wildman–Crippen LogP) is 3.15. The minimum atomic E-state index is 1.00. The first kappa shape index (κ1) is 6.80. The van der Waals surface area contributed by atoms with Crippen molar-refractivity contribution in [3.8, 4) is 0 Å². The minimum Gasteiger partial charge on any atom is -0.463 e. The molecule has 0 aliphatic heterocycles. The summed E-state index contributed by atoms with van der Waals surface area (Å²) in [6, 6.07) is 8.15. The van der Waals surface area contributed by atoms with Gasteiger partial charge < -0.3 is 4.42 Å². The van der Waals surface area contributed by atoms with E-state index < -0.39 is 0 Å². The molecule has 0 N–H and O–H groups in total. The fourth-order valence-electron chi connectivity index (χ4n) is 1.13. The number of furan rings is 1. The monoisotopic (exact) mass is 164 g/mol. The van der Waals surface area contributed by atoms with Crippen molar-refractivity contribution in [1.29, 1.82) is 0 Å². The molecular weight excluding hydrogens is 156 g/mol. The molecule has 1 aromatic heterocycles. The van der Waals surface area contributed by atoms with Crippen LogP contribution in [0.2, 0.25) is 0 Å². The van der Waals surface area contributed by atoms with Gasteiger partial charge in [0.15, 0.2) is 0 Å². The average Bonchev–Trinajstić information content (AvgIpc) is 2.50. The van der Waals surface area contributed by atoms with E-state index in [9.17, 15) is 0 Å². The molecule has 0 amide bonds. The van der Waals surface area contributed by atoms with Gasteiger partial charge in [-0.1, -0.05) is 12.1 Å². The van der Waals surface area contributed by atoms with Crippen LogP contribution in [-0.4, -0.2) is 6.26 Å². The van der Waals surface area contributed by atoms with Gasteiger partial charge >= 0.3 is 0 Å². The van der Waals surface area contributed by atoms with Gasteiger partial charge in [-0.3, -0.25) is 0 Å². The van der Waals surface area contributed by atoms with Crippen LogP contribution in [0.1, 0.15) is 0 Å². The molecule has 2 rings (SSSR count). The number of fused-ring (bicyclic) bond motifs is 1. The topological polar surface area (TPSA) is 13.1 Å². The Morgan fingerprint density at radius 3 is 3.00 bits per heavy atom. The van der Waals surface area contributed by atoms with Gasteiger partial charge in [0.2, 0.25) is 0 Å².